The number of halogens is 1. The summed E-state index contributed by atoms with van der Waals surface area (Å²) in [5.41, 5.74) is 3.42. The van der Waals surface area contributed by atoms with E-state index in [1.54, 1.807) is 53.5 Å². The molecule has 0 saturated heterocycles. The first-order chi connectivity index (χ1) is 15.5. The fourth-order valence-electron chi connectivity index (χ4n) is 2.92. The number of carboxylic acids is 1. The molecule has 0 fully saturated rings. The van der Waals surface area contributed by atoms with Gasteiger partial charge in [-0.25, -0.2) is 14.5 Å². The van der Waals surface area contributed by atoms with Crippen molar-refractivity contribution in [3.8, 4) is 16.8 Å². The average Bonchev–Trinajstić information content (AvgIpc) is 3.36. The maximum atomic E-state index is 12.7. The highest BCUT2D eigenvalue weighted by molar-refractivity contribution is 6.33. The third-order valence-corrected chi connectivity index (χ3v) is 4.81. The zero-order chi connectivity index (χ0) is 23.1. The molecule has 4 rings (SSSR count). The molecule has 1 amide bonds. The van der Waals surface area contributed by atoms with Crippen molar-refractivity contribution in [3.05, 3.63) is 95.5 Å². The van der Waals surface area contributed by atoms with Crippen molar-refractivity contribution in [1.82, 2.24) is 14.8 Å². The molecular formula is C24H21ClN4O3. The smallest absolute Gasteiger partial charge is 0.335 e. The van der Waals surface area contributed by atoms with Gasteiger partial charge in [0, 0.05) is 21.8 Å². The van der Waals surface area contributed by atoms with Gasteiger partial charge in [0.25, 0.3) is 5.91 Å². The lowest BCUT2D eigenvalue weighted by atomic mass is 10.0. The lowest BCUT2D eigenvalue weighted by Gasteiger charge is -2.10. The lowest BCUT2D eigenvalue weighted by molar-refractivity contribution is 0.0696. The first kappa shape index (κ1) is 22.7. The van der Waals surface area contributed by atoms with Crippen LogP contribution in [0.3, 0.4) is 0 Å². The minimum atomic E-state index is -1.00. The summed E-state index contributed by atoms with van der Waals surface area (Å²) in [5.74, 6) is -1.29. The highest BCUT2D eigenvalue weighted by Crippen LogP contribution is 2.29. The van der Waals surface area contributed by atoms with Gasteiger partial charge in [-0.2, -0.15) is 5.10 Å². The molecular weight excluding hydrogens is 428 g/mol. The number of carbonyl (C=O) groups excluding carboxylic acids is 1. The molecule has 0 spiro atoms. The van der Waals surface area contributed by atoms with E-state index in [0.29, 0.717) is 21.8 Å². The first-order valence-corrected chi connectivity index (χ1v) is 10.3. The highest BCUT2D eigenvalue weighted by atomic mass is 35.5. The van der Waals surface area contributed by atoms with Gasteiger partial charge in [0.2, 0.25) is 0 Å². The van der Waals surface area contributed by atoms with Gasteiger partial charge in [-0.1, -0.05) is 37.6 Å². The van der Waals surface area contributed by atoms with E-state index in [1.165, 1.54) is 18.5 Å². The Morgan fingerprint density at radius 2 is 1.59 bits per heavy atom. The summed E-state index contributed by atoms with van der Waals surface area (Å²) < 4.78 is 1.62. The number of hydrogen-bond acceptors (Lipinski definition) is 4. The van der Waals surface area contributed by atoms with E-state index in [9.17, 15) is 9.59 Å². The number of nitrogens with one attached hydrogen (secondary N) is 1. The quantitative estimate of drug-likeness (QED) is 0.416. The molecule has 2 N–H and O–H groups in total. The molecule has 0 radical (unpaired) electrons. The van der Waals surface area contributed by atoms with E-state index >= 15 is 0 Å². The van der Waals surface area contributed by atoms with Gasteiger partial charge in [-0.05, 0) is 60.2 Å². The zero-order valence-corrected chi connectivity index (χ0v) is 18.2. The number of carboxylic acid groups (broad SMARTS) is 1. The van der Waals surface area contributed by atoms with Crippen LogP contribution in [0.2, 0.25) is 5.02 Å². The molecule has 0 saturated carbocycles. The normalized spacial score (nSPS) is 10.1. The van der Waals surface area contributed by atoms with Gasteiger partial charge in [-0.3, -0.25) is 4.79 Å². The Morgan fingerprint density at radius 1 is 0.938 bits per heavy atom. The molecule has 0 atom stereocenters. The standard InChI is InChI=1S/C22H15ClN4O3.C2H6/c23-20-10-5-16(11-19(20)14-1-3-15(4-2-14)22(29)30)21(28)26-17-6-8-18(9-7-17)27-13-24-12-25-27;1-2/h1-13H,(H,26,28)(H,29,30);1-2H3. The summed E-state index contributed by atoms with van der Waals surface area (Å²) in [6.07, 6.45) is 3.04. The van der Waals surface area contributed by atoms with E-state index in [4.69, 9.17) is 16.7 Å². The van der Waals surface area contributed by atoms with E-state index in [1.807, 2.05) is 26.0 Å². The number of rotatable bonds is 5. The van der Waals surface area contributed by atoms with Crippen LogP contribution in [0, 0.1) is 0 Å². The summed E-state index contributed by atoms with van der Waals surface area (Å²) in [6.45, 7) is 4.00. The molecule has 7 nitrogen and oxygen atoms in total. The minimum absolute atomic E-state index is 0.179. The van der Waals surface area contributed by atoms with Gasteiger partial charge in [-0.15, -0.1) is 0 Å². The number of carbonyl (C=O) groups is 2. The van der Waals surface area contributed by atoms with Crippen molar-refractivity contribution in [2.45, 2.75) is 13.8 Å². The number of aromatic carboxylic acids is 1. The predicted molar refractivity (Wildman–Crippen MR) is 125 cm³/mol. The van der Waals surface area contributed by atoms with Gasteiger partial charge < -0.3 is 10.4 Å². The lowest BCUT2D eigenvalue weighted by Crippen LogP contribution is -2.12. The van der Waals surface area contributed by atoms with Crippen LogP contribution in [0.1, 0.15) is 34.6 Å². The number of amides is 1. The van der Waals surface area contributed by atoms with Crippen LogP contribution in [-0.2, 0) is 0 Å². The van der Waals surface area contributed by atoms with Crippen molar-refractivity contribution < 1.29 is 14.7 Å². The van der Waals surface area contributed by atoms with Crippen molar-refractivity contribution in [3.63, 3.8) is 0 Å². The Labute approximate surface area is 190 Å². The van der Waals surface area contributed by atoms with Crippen molar-refractivity contribution in [2.75, 3.05) is 5.32 Å². The number of benzene rings is 3. The Hall–Kier alpha value is -3.97. The first-order valence-electron chi connectivity index (χ1n) is 9.91. The topological polar surface area (TPSA) is 97.1 Å². The van der Waals surface area contributed by atoms with Crippen LogP contribution in [0.4, 0.5) is 5.69 Å². The second-order valence-electron chi connectivity index (χ2n) is 6.42. The summed E-state index contributed by atoms with van der Waals surface area (Å²) in [6, 6.07) is 18.5. The maximum Gasteiger partial charge on any atom is 0.335 e. The number of aromatic nitrogens is 3. The van der Waals surface area contributed by atoms with Gasteiger partial charge in [0.05, 0.1) is 11.3 Å². The molecule has 0 aliphatic heterocycles. The predicted octanol–water partition coefficient (Wildman–Crippen LogP) is 5.56. The van der Waals surface area contributed by atoms with Crippen LogP contribution in [0.5, 0.6) is 0 Å². The second-order valence-corrected chi connectivity index (χ2v) is 6.83. The van der Waals surface area contributed by atoms with E-state index in [2.05, 4.69) is 15.4 Å². The van der Waals surface area contributed by atoms with Crippen molar-refractivity contribution in [2.24, 2.45) is 0 Å². The molecule has 0 aliphatic carbocycles. The van der Waals surface area contributed by atoms with E-state index < -0.39 is 5.97 Å². The Bertz CT molecular complexity index is 1210. The molecule has 8 heteroatoms. The fraction of sp³-hybridized carbons (Fsp3) is 0.0833. The SMILES string of the molecule is CC.O=C(O)c1ccc(-c2cc(C(=O)Nc3ccc(-n4cncn4)cc3)ccc2Cl)cc1. The monoisotopic (exact) mass is 448 g/mol. The zero-order valence-electron chi connectivity index (χ0n) is 17.5. The van der Waals surface area contributed by atoms with Gasteiger partial charge in [0.15, 0.2) is 0 Å². The molecule has 32 heavy (non-hydrogen) atoms. The van der Waals surface area contributed by atoms with Gasteiger partial charge in [0.1, 0.15) is 12.7 Å². The van der Waals surface area contributed by atoms with Gasteiger partial charge >= 0.3 is 5.97 Å². The maximum absolute atomic E-state index is 12.7. The third-order valence-electron chi connectivity index (χ3n) is 4.48. The van der Waals surface area contributed by atoms with Crippen LogP contribution in [0.15, 0.2) is 79.4 Å². The summed E-state index contributed by atoms with van der Waals surface area (Å²) in [5, 5.41) is 16.4. The molecule has 3 aromatic carbocycles. The van der Waals surface area contributed by atoms with Crippen molar-refractivity contribution >= 4 is 29.2 Å². The molecule has 162 valence electrons. The third kappa shape index (κ3) is 5.19. The second kappa shape index (κ2) is 10.4. The van der Waals surface area contributed by atoms with E-state index in [-0.39, 0.29) is 11.5 Å². The van der Waals surface area contributed by atoms with Crippen LogP contribution >= 0.6 is 11.6 Å². The average molecular weight is 449 g/mol. The minimum Gasteiger partial charge on any atom is -0.478 e. The highest BCUT2D eigenvalue weighted by Gasteiger charge is 2.12. The number of hydrogen-bond donors (Lipinski definition) is 2. The molecule has 1 aromatic heterocycles. The summed E-state index contributed by atoms with van der Waals surface area (Å²) in [7, 11) is 0. The van der Waals surface area contributed by atoms with Crippen LogP contribution in [0.25, 0.3) is 16.8 Å². The molecule has 0 unspecified atom stereocenters. The van der Waals surface area contributed by atoms with Crippen LogP contribution in [-0.4, -0.2) is 31.7 Å². The molecule has 1 heterocycles. The largest absolute Gasteiger partial charge is 0.478 e. The Balaban J connectivity index is 0.00000141. The van der Waals surface area contributed by atoms with E-state index in [0.717, 1.165) is 11.3 Å². The molecule has 0 aliphatic rings. The summed E-state index contributed by atoms with van der Waals surface area (Å²) in [4.78, 5) is 27.6. The van der Waals surface area contributed by atoms with Crippen molar-refractivity contribution in [1.29, 1.82) is 0 Å². The molecule has 4 aromatic rings. The Morgan fingerprint density at radius 3 is 2.19 bits per heavy atom. The number of nitrogens with zero attached hydrogens (tertiary/aromatic N) is 3. The fourth-order valence-corrected chi connectivity index (χ4v) is 3.15. The molecule has 0 bridgehead atoms. The number of anilines is 1. The summed E-state index contributed by atoms with van der Waals surface area (Å²) >= 11 is 6.30. The Kier molecular flexibility index (Phi) is 7.36. The van der Waals surface area contributed by atoms with Crippen LogP contribution < -0.4 is 5.32 Å².